The fraction of sp³-hybridized carbons (Fsp3) is 0.765. The van der Waals surface area contributed by atoms with E-state index in [4.69, 9.17) is 9.26 Å². The van der Waals surface area contributed by atoms with Gasteiger partial charge in [0.1, 0.15) is 11.3 Å². The average Bonchev–Trinajstić information content (AvgIpc) is 3.25. The zero-order chi connectivity index (χ0) is 15.8. The molecule has 3 fully saturated rings. The summed E-state index contributed by atoms with van der Waals surface area (Å²) in [6.07, 6.45) is 6.68. The number of nitrogens with one attached hydrogen (secondary N) is 1. The molecule has 3 atom stereocenters. The Morgan fingerprint density at radius 1 is 1.39 bits per heavy atom. The van der Waals surface area contributed by atoms with Crippen LogP contribution in [0.3, 0.4) is 0 Å². The highest BCUT2D eigenvalue weighted by Crippen LogP contribution is 2.34. The molecule has 0 bridgehead atoms. The van der Waals surface area contributed by atoms with Crippen LogP contribution >= 0.6 is 0 Å². The summed E-state index contributed by atoms with van der Waals surface area (Å²) in [5.74, 6) is 1.86. The predicted molar refractivity (Wildman–Crippen MR) is 84.1 cm³/mol. The third kappa shape index (κ3) is 3.28. The molecule has 0 unspecified atom stereocenters. The second-order valence-electron chi connectivity index (χ2n) is 7.28. The summed E-state index contributed by atoms with van der Waals surface area (Å²) in [4.78, 5) is 15.1. The molecule has 4 rings (SSSR count). The number of likely N-dealkylation sites (tertiary alicyclic amines) is 1. The molecule has 1 N–H and O–H groups in total. The van der Waals surface area contributed by atoms with Crippen LogP contribution in [0.25, 0.3) is 0 Å². The number of fused-ring (bicyclic) bond motifs is 1. The Labute approximate surface area is 136 Å². The fourth-order valence-corrected chi connectivity index (χ4v) is 4.00. The molecule has 1 saturated carbocycles. The lowest BCUT2D eigenvalue weighted by Crippen LogP contribution is -2.61. The summed E-state index contributed by atoms with van der Waals surface area (Å²) in [6.45, 7) is 5.74. The van der Waals surface area contributed by atoms with Crippen molar-refractivity contribution >= 4 is 5.91 Å². The second-order valence-corrected chi connectivity index (χ2v) is 7.28. The Morgan fingerprint density at radius 3 is 3.00 bits per heavy atom. The molecule has 1 aliphatic carbocycles. The van der Waals surface area contributed by atoms with Crippen molar-refractivity contribution in [2.75, 3.05) is 26.2 Å². The molecule has 6 heteroatoms. The quantitative estimate of drug-likeness (QED) is 0.913. The monoisotopic (exact) mass is 319 g/mol. The summed E-state index contributed by atoms with van der Waals surface area (Å²) in [5, 5.41) is 6.88. The van der Waals surface area contributed by atoms with Gasteiger partial charge >= 0.3 is 0 Å². The van der Waals surface area contributed by atoms with Crippen molar-refractivity contribution in [2.45, 2.75) is 44.8 Å². The minimum absolute atomic E-state index is 0.0506. The Balaban J connectivity index is 1.46. The molecule has 2 aliphatic heterocycles. The number of amides is 1. The van der Waals surface area contributed by atoms with Gasteiger partial charge in [0.15, 0.2) is 0 Å². The van der Waals surface area contributed by atoms with Gasteiger partial charge in [-0.25, -0.2) is 0 Å². The van der Waals surface area contributed by atoms with Gasteiger partial charge in [0.25, 0.3) is 5.91 Å². The van der Waals surface area contributed by atoms with Gasteiger partial charge in [-0.15, -0.1) is 0 Å². The summed E-state index contributed by atoms with van der Waals surface area (Å²) < 4.78 is 11.0. The van der Waals surface area contributed by atoms with Crippen molar-refractivity contribution in [1.82, 2.24) is 15.4 Å². The van der Waals surface area contributed by atoms with Crippen LogP contribution in [0.5, 0.6) is 0 Å². The third-order valence-corrected chi connectivity index (χ3v) is 5.36. The van der Waals surface area contributed by atoms with E-state index < -0.39 is 0 Å². The Kier molecular flexibility index (Phi) is 4.11. The van der Waals surface area contributed by atoms with E-state index in [0.29, 0.717) is 17.2 Å². The lowest BCUT2D eigenvalue weighted by atomic mass is 9.85. The first-order valence-electron chi connectivity index (χ1n) is 8.77. The molecule has 3 heterocycles. The van der Waals surface area contributed by atoms with Crippen LogP contribution in [0.1, 0.15) is 41.8 Å². The molecule has 126 valence electrons. The summed E-state index contributed by atoms with van der Waals surface area (Å²) >= 11 is 0. The summed E-state index contributed by atoms with van der Waals surface area (Å²) in [6, 6.07) is 0.0506. The number of aryl methyl sites for hydroxylation is 1. The fourth-order valence-electron chi connectivity index (χ4n) is 4.00. The molecule has 1 amide bonds. The molecular weight excluding hydrogens is 294 g/mol. The normalized spacial score (nSPS) is 31.6. The zero-order valence-corrected chi connectivity index (χ0v) is 13.7. The van der Waals surface area contributed by atoms with Crippen molar-refractivity contribution in [1.29, 1.82) is 0 Å². The van der Waals surface area contributed by atoms with Crippen molar-refractivity contribution in [2.24, 2.45) is 11.8 Å². The molecule has 0 radical (unpaired) electrons. The van der Waals surface area contributed by atoms with Crippen molar-refractivity contribution in [3.05, 3.63) is 17.5 Å². The highest BCUT2D eigenvalue weighted by Gasteiger charge is 2.41. The number of aromatic nitrogens is 1. The van der Waals surface area contributed by atoms with Crippen LogP contribution < -0.4 is 5.32 Å². The van der Waals surface area contributed by atoms with E-state index in [2.05, 4.69) is 15.4 Å². The molecule has 0 aromatic carbocycles. The molecule has 2 saturated heterocycles. The first-order valence-corrected chi connectivity index (χ1v) is 8.77. The SMILES string of the molecule is Cc1oncc1C(=O)N[C@@H]1CN(CC2CC2)C[C@@H]2CCCO[C@@H]21. The maximum absolute atomic E-state index is 12.5. The second kappa shape index (κ2) is 6.24. The van der Waals surface area contributed by atoms with Crippen molar-refractivity contribution in [3.8, 4) is 0 Å². The number of ether oxygens (including phenoxy) is 1. The van der Waals surface area contributed by atoms with E-state index in [1.165, 1.54) is 32.0 Å². The molecule has 6 nitrogen and oxygen atoms in total. The first kappa shape index (κ1) is 15.1. The van der Waals surface area contributed by atoms with Crippen LogP contribution in [0.4, 0.5) is 0 Å². The largest absolute Gasteiger partial charge is 0.376 e. The number of hydrogen-bond donors (Lipinski definition) is 1. The van der Waals surface area contributed by atoms with E-state index in [1.54, 1.807) is 6.92 Å². The predicted octanol–water partition coefficient (Wildman–Crippen LogP) is 1.60. The minimum atomic E-state index is -0.102. The van der Waals surface area contributed by atoms with Gasteiger partial charge in [-0.3, -0.25) is 4.79 Å². The van der Waals surface area contributed by atoms with Gasteiger partial charge in [0, 0.05) is 26.2 Å². The van der Waals surface area contributed by atoms with E-state index in [-0.39, 0.29) is 18.1 Å². The van der Waals surface area contributed by atoms with Gasteiger partial charge in [-0.05, 0) is 44.4 Å². The van der Waals surface area contributed by atoms with Crippen LogP contribution in [-0.2, 0) is 4.74 Å². The van der Waals surface area contributed by atoms with Crippen molar-refractivity contribution in [3.63, 3.8) is 0 Å². The summed E-state index contributed by atoms with van der Waals surface area (Å²) in [5.41, 5.74) is 0.525. The molecule has 3 aliphatic rings. The van der Waals surface area contributed by atoms with E-state index >= 15 is 0 Å². The zero-order valence-electron chi connectivity index (χ0n) is 13.7. The standard InChI is InChI=1S/C17H25N3O3/c1-11-14(7-18-23-11)17(21)19-15-10-20(8-12-4-5-12)9-13-3-2-6-22-16(13)15/h7,12-13,15-16H,2-6,8-10H2,1H3,(H,19,21)/t13-,15+,16-/m0/s1. The van der Waals surface area contributed by atoms with E-state index in [1.807, 2.05) is 0 Å². The minimum Gasteiger partial charge on any atom is -0.376 e. The number of piperidine rings is 1. The lowest BCUT2D eigenvalue weighted by molar-refractivity contribution is -0.0838. The van der Waals surface area contributed by atoms with Crippen LogP contribution in [-0.4, -0.2) is 54.4 Å². The van der Waals surface area contributed by atoms with E-state index in [0.717, 1.165) is 32.0 Å². The smallest absolute Gasteiger partial charge is 0.256 e. The number of nitrogens with zero attached hydrogens (tertiary/aromatic N) is 2. The number of carbonyl (C=O) groups is 1. The molecular formula is C17H25N3O3. The number of hydrogen-bond acceptors (Lipinski definition) is 5. The lowest BCUT2D eigenvalue weighted by Gasteiger charge is -2.46. The average molecular weight is 319 g/mol. The third-order valence-electron chi connectivity index (χ3n) is 5.36. The van der Waals surface area contributed by atoms with Gasteiger partial charge in [0.05, 0.1) is 18.3 Å². The maximum Gasteiger partial charge on any atom is 0.256 e. The van der Waals surface area contributed by atoms with Crippen LogP contribution in [0, 0.1) is 18.8 Å². The van der Waals surface area contributed by atoms with E-state index in [9.17, 15) is 4.79 Å². The summed E-state index contributed by atoms with van der Waals surface area (Å²) in [7, 11) is 0. The van der Waals surface area contributed by atoms with Gasteiger partial charge < -0.3 is 19.5 Å². The number of carbonyl (C=O) groups excluding carboxylic acids is 1. The topological polar surface area (TPSA) is 67.6 Å². The van der Waals surface area contributed by atoms with Crippen LogP contribution in [0.15, 0.2) is 10.7 Å². The molecule has 0 spiro atoms. The van der Waals surface area contributed by atoms with Gasteiger partial charge in [0.2, 0.25) is 0 Å². The molecule has 1 aromatic heterocycles. The molecule has 1 aromatic rings. The Hall–Kier alpha value is -1.40. The highest BCUT2D eigenvalue weighted by molar-refractivity contribution is 5.95. The molecule has 23 heavy (non-hydrogen) atoms. The van der Waals surface area contributed by atoms with Crippen LogP contribution in [0.2, 0.25) is 0 Å². The Bertz CT molecular complexity index is 569. The van der Waals surface area contributed by atoms with Gasteiger partial charge in [-0.2, -0.15) is 0 Å². The van der Waals surface area contributed by atoms with Crippen molar-refractivity contribution < 1.29 is 14.1 Å². The number of rotatable bonds is 4. The maximum atomic E-state index is 12.5. The first-order chi connectivity index (χ1) is 11.2. The van der Waals surface area contributed by atoms with Gasteiger partial charge in [-0.1, -0.05) is 5.16 Å². The highest BCUT2D eigenvalue weighted by atomic mass is 16.5. The Morgan fingerprint density at radius 2 is 2.26 bits per heavy atom.